The van der Waals surface area contributed by atoms with E-state index < -0.39 is 5.82 Å². The predicted molar refractivity (Wildman–Crippen MR) is 74.7 cm³/mol. The van der Waals surface area contributed by atoms with Crippen molar-refractivity contribution in [3.05, 3.63) is 59.0 Å². The van der Waals surface area contributed by atoms with Gasteiger partial charge in [0.2, 0.25) is 0 Å². The Morgan fingerprint density at radius 3 is 2.47 bits per heavy atom. The molecule has 0 bridgehead atoms. The van der Waals surface area contributed by atoms with E-state index >= 15 is 0 Å². The molecule has 0 aliphatic rings. The number of halogens is 2. The van der Waals surface area contributed by atoms with Gasteiger partial charge in [-0.1, -0.05) is 47.5 Å². The van der Waals surface area contributed by atoms with Crippen molar-refractivity contribution in [2.45, 2.75) is 6.92 Å². The summed E-state index contributed by atoms with van der Waals surface area (Å²) in [6.07, 6.45) is 0. The number of benzene rings is 2. The van der Waals surface area contributed by atoms with Crippen molar-refractivity contribution < 1.29 is 4.39 Å². The highest BCUT2D eigenvalue weighted by Crippen LogP contribution is 2.26. The van der Waals surface area contributed by atoms with Gasteiger partial charge in [0.25, 0.3) is 0 Å². The molecule has 0 N–H and O–H groups in total. The number of aromatic nitrogens is 2. The standard InChI is InChI=1S/C15H10ClFN2/c1-9-5-7-10(8-6-9)15-18-12-4-2-3-11(17)13(12)14(16)19-15/h2-8H,1H3. The van der Waals surface area contributed by atoms with Crippen LogP contribution in [0, 0.1) is 12.7 Å². The highest BCUT2D eigenvalue weighted by molar-refractivity contribution is 6.34. The van der Waals surface area contributed by atoms with Crippen LogP contribution in [0.5, 0.6) is 0 Å². The van der Waals surface area contributed by atoms with Crippen molar-refractivity contribution in [2.24, 2.45) is 0 Å². The first-order valence-corrected chi connectivity index (χ1v) is 6.22. The van der Waals surface area contributed by atoms with E-state index in [1.165, 1.54) is 6.07 Å². The molecular formula is C15H10ClFN2. The number of hydrogen-bond donors (Lipinski definition) is 0. The van der Waals surface area contributed by atoms with Crippen LogP contribution in [-0.2, 0) is 0 Å². The Kier molecular flexibility index (Phi) is 2.91. The highest BCUT2D eigenvalue weighted by atomic mass is 35.5. The summed E-state index contributed by atoms with van der Waals surface area (Å²) in [5.41, 5.74) is 2.52. The Morgan fingerprint density at radius 2 is 1.74 bits per heavy atom. The van der Waals surface area contributed by atoms with E-state index in [4.69, 9.17) is 11.6 Å². The van der Waals surface area contributed by atoms with Crippen LogP contribution in [-0.4, -0.2) is 9.97 Å². The SMILES string of the molecule is Cc1ccc(-c2nc(Cl)c3c(F)cccc3n2)cc1. The summed E-state index contributed by atoms with van der Waals surface area (Å²) in [4.78, 5) is 8.54. The van der Waals surface area contributed by atoms with Crippen molar-refractivity contribution in [3.8, 4) is 11.4 Å². The second kappa shape index (κ2) is 4.59. The fraction of sp³-hybridized carbons (Fsp3) is 0.0667. The maximum atomic E-state index is 13.7. The van der Waals surface area contributed by atoms with Crippen molar-refractivity contribution in [2.75, 3.05) is 0 Å². The van der Waals surface area contributed by atoms with Crippen LogP contribution in [0.25, 0.3) is 22.3 Å². The minimum absolute atomic E-state index is 0.138. The zero-order valence-corrected chi connectivity index (χ0v) is 10.9. The van der Waals surface area contributed by atoms with Gasteiger partial charge in [-0.3, -0.25) is 0 Å². The van der Waals surface area contributed by atoms with Gasteiger partial charge in [-0.2, -0.15) is 0 Å². The van der Waals surface area contributed by atoms with Crippen molar-refractivity contribution in [1.82, 2.24) is 9.97 Å². The number of aryl methyl sites for hydroxylation is 1. The third-order valence-electron chi connectivity index (χ3n) is 2.94. The Labute approximate surface area is 114 Å². The first-order chi connectivity index (χ1) is 9.15. The fourth-order valence-electron chi connectivity index (χ4n) is 1.93. The Balaban J connectivity index is 2.24. The highest BCUT2D eigenvalue weighted by Gasteiger charge is 2.11. The predicted octanol–water partition coefficient (Wildman–Crippen LogP) is 4.40. The van der Waals surface area contributed by atoms with Gasteiger partial charge in [0, 0.05) is 5.56 Å². The minimum atomic E-state index is -0.405. The molecule has 0 atom stereocenters. The maximum absolute atomic E-state index is 13.7. The van der Waals surface area contributed by atoms with Crippen LogP contribution < -0.4 is 0 Å². The Bertz CT molecular complexity index is 754. The van der Waals surface area contributed by atoms with E-state index in [0.717, 1.165) is 11.1 Å². The summed E-state index contributed by atoms with van der Waals surface area (Å²) < 4.78 is 13.7. The lowest BCUT2D eigenvalue weighted by atomic mass is 10.1. The molecule has 3 rings (SSSR count). The number of hydrogen-bond acceptors (Lipinski definition) is 2. The molecule has 19 heavy (non-hydrogen) atoms. The van der Waals surface area contributed by atoms with Gasteiger partial charge in [0.15, 0.2) is 5.82 Å². The third-order valence-corrected chi connectivity index (χ3v) is 3.21. The van der Waals surface area contributed by atoms with Gasteiger partial charge in [-0.15, -0.1) is 0 Å². The topological polar surface area (TPSA) is 25.8 Å². The third kappa shape index (κ3) is 2.17. The van der Waals surface area contributed by atoms with Gasteiger partial charge >= 0.3 is 0 Å². The number of nitrogens with zero attached hydrogens (tertiary/aromatic N) is 2. The number of fused-ring (bicyclic) bond motifs is 1. The lowest BCUT2D eigenvalue weighted by Crippen LogP contribution is -1.93. The molecular weight excluding hydrogens is 263 g/mol. The number of rotatable bonds is 1. The average Bonchev–Trinajstić information content (AvgIpc) is 2.39. The molecule has 0 fully saturated rings. The maximum Gasteiger partial charge on any atom is 0.161 e. The van der Waals surface area contributed by atoms with E-state index in [9.17, 15) is 4.39 Å². The molecule has 0 saturated heterocycles. The molecule has 0 unspecified atom stereocenters. The lowest BCUT2D eigenvalue weighted by molar-refractivity contribution is 0.639. The van der Waals surface area contributed by atoms with Crippen LogP contribution in [0.2, 0.25) is 5.15 Å². The first-order valence-electron chi connectivity index (χ1n) is 5.84. The van der Waals surface area contributed by atoms with Gasteiger partial charge in [-0.05, 0) is 19.1 Å². The van der Waals surface area contributed by atoms with E-state index in [0.29, 0.717) is 11.3 Å². The molecule has 2 nitrogen and oxygen atoms in total. The van der Waals surface area contributed by atoms with Crippen LogP contribution in [0.15, 0.2) is 42.5 Å². The molecule has 4 heteroatoms. The van der Waals surface area contributed by atoms with Crippen LogP contribution in [0.3, 0.4) is 0 Å². The van der Waals surface area contributed by atoms with E-state index in [1.54, 1.807) is 12.1 Å². The largest absolute Gasteiger partial charge is 0.228 e. The minimum Gasteiger partial charge on any atom is -0.228 e. The summed E-state index contributed by atoms with van der Waals surface area (Å²) in [6.45, 7) is 2.01. The van der Waals surface area contributed by atoms with Gasteiger partial charge in [0.05, 0.1) is 10.9 Å². The van der Waals surface area contributed by atoms with Crippen LogP contribution in [0.4, 0.5) is 4.39 Å². The van der Waals surface area contributed by atoms with Crippen LogP contribution in [0.1, 0.15) is 5.56 Å². The molecule has 0 spiro atoms. The first kappa shape index (κ1) is 12.1. The molecule has 0 aliphatic heterocycles. The summed E-state index contributed by atoms with van der Waals surface area (Å²) in [6, 6.07) is 12.5. The summed E-state index contributed by atoms with van der Waals surface area (Å²) in [7, 11) is 0. The zero-order chi connectivity index (χ0) is 13.4. The summed E-state index contributed by atoms with van der Waals surface area (Å²) >= 11 is 6.06. The van der Waals surface area contributed by atoms with Crippen molar-refractivity contribution >= 4 is 22.5 Å². The fourth-order valence-corrected chi connectivity index (χ4v) is 2.20. The average molecular weight is 273 g/mol. The normalized spacial score (nSPS) is 10.9. The molecule has 0 radical (unpaired) electrons. The van der Waals surface area contributed by atoms with E-state index in [1.807, 2.05) is 31.2 Å². The van der Waals surface area contributed by atoms with Gasteiger partial charge in [-0.25, -0.2) is 14.4 Å². The zero-order valence-electron chi connectivity index (χ0n) is 10.2. The Morgan fingerprint density at radius 1 is 1.00 bits per heavy atom. The second-order valence-electron chi connectivity index (χ2n) is 4.34. The molecule has 0 amide bonds. The molecule has 94 valence electrons. The molecule has 1 heterocycles. The van der Waals surface area contributed by atoms with E-state index in [-0.39, 0.29) is 10.5 Å². The van der Waals surface area contributed by atoms with Crippen molar-refractivity contribution in [1.29, 1.82) is 0 Å². The quantitative estimate of drug-likeness (QED) is 0.614. The smallest absolute Gasteiger partial charge is 0.161 e. The molecule has 3 aromatic rings. The van der Waals surface area contributed by atoms with Crippen molar-refractivity contribution in [3.63, 3.8) is 0 Å². The summed E-state index contributed by atoms with van der Waals surface area (Å²) in [5, 5.41) is 0.402. The molecule has 1 aromatic heterocycles. The molecule has 0 saturated carbocycles. The summed E-state index contributed by atoms with van der Waals surface area (Å²) in [5.74, 6) is 0.0982. The van der Waals surface area contributed by atoms with Crippen LogP contribution >= 0.6 is 11.6 Å². The Hall–Kier alpha value is -2.00. The molecule has 2 aromatic carbocycles. The molecule has 0 aliphatic carbocycles. The van der Waals surface area contributed by atoms with E-state index in [2.05, 4.69) is 9.97 Å². The second-order valence-corrected chi connectivity index (χ2v) is 4.70. The monoisotopic (exact) mass is 272 g/mol. The lowest BCUT2D eigenvalue weighted by Gasteiger charge is -2.05. The van der Waals surface area contributed by atoms with Gasteiger partial charge in [0.1, 0.15) is 11.0 Å². The van der Waals surface area contributed by atoms with Gasteiger partial charge < -0.3 is 0 Å².